The summed E-state index contributed by atoms with van der Waals surface area (Å²) in [5.74, 6) is 0.957. The smallest absolute Gasteiger partial charge is 0.243 e. The van der Waals surface area contributed by atoms with E-state index in [0.717, 1.165) is 17.6 Å². The largest absolute Gasteiger partial charge is 0.316 e. The number of nitrogens with one attached hydrogen (secondary N) is 1. The number of rotatable bonds is 2. The van der Waals surface area contributed by atoms with E-state index in [1.165, 1.54) is 0 Å². The van der Waals surface area contributed by atoms with Crippen molar-refractivity contribution in [2.45, 2.75) is 4.90 Å². The van der Waals surface area contributed by atoms with Gasteiger partial charge in [-0.2, -0.15) is 4.31 Å². The molecule has 1 aromatic carbocycles. The molecule has 2 aliphatic heterocycles. The van der Waals surface area contributed by atoms with Crippen LogP contribution >= 0.6 is 28.3 Å². The van der Waals surface area contributed by atoms with E-state index in [1.54, 1.807) is 22.5 Å². The molecule has 0 unspecified atom stereocenters. The van der Waals surface area contributed by atoms with Gasteiger partial charge in [-0.1, -0.05) is 22.0 Å². The molecule has 19 heavy (non-hydrogen) atoms. The molecule has 4 nitrogen and oxygen atoms in total. The number of hydrogen-bond acceptors (Lipinski definition) is 3. The molecule has 0 radical (unpaired) electrons. The van der Waals surface area contributed by atoms with Crippen LogP contribution in [0.5, 0.6) is 0 Å². The fourth-order valence-electron chi connectivity index (χ4n) is 2.79. The molecule has 0 amide bonds. The van der Waals surface area contributed by atoms with Crippen molar-refractivity contribution in [1.82, 2.24) is 9.62 Å². The molecule has 2 atom stereocenters. The number of hydrogen-bond donors (Lipinski definition) is 1. The Hall–Kier alpha value is -0.140. The summed E-state index contributed by atoms with van der Waals surface area (Å²) in [4.78, 5) is 0.379. The standard InChI is InChI=1S/C12H15BrN2O2S.ClH/c13-11-2-1-3-12(4-11)18(16,17)15-7-9-5-14-6-10(9)8-15;/h1-4,9-10,14H,5-8H2;1H/t9-,10+;. The predicted molar refractivity (Wildman–Crippen MR) is 80.0 cm³/mol. The van der Waals surface area contributed by atoms with Gasteiger partial charge >= 0.3 is 0 Å². The zero-order valence-electron chi connectivity index (χ0n) is 10.3. The molecular formula is C12H16BrClN2O2S. The fourth-order valence-corrected chi connectivity index (χ4v) is 4.94. The average Bonchev–Trinajstić information content (AvgIpc) is 2.89. The lowest BCUT2D eigenvalue weighted by Gasteiger charge is -2.17. The summed E-state index contributed by atoms with van der Waals surface area (Å²) in [7, 11) is -3.33. The minimum Gasteiger partial charge on any atom is -0.316 e. The van der Waals surface area contributed by atoms with Gasteiger partial charge in [0.1, 0.15) is 0 Å². The van der Waals surface area contributed by atoms with Crippen molar-refractivity contribution in [3.8, 4) is 0 Å². The number of halogens is 2. The Morgan fingerprint density at radius 2 is 1.84 bits per heavy atom. The Balaban J connectivity index is 0.00000133. The third-order valence-corrected chi connectivity index (χ3v) is 6.11. The number of sulfonamides is 1. The Morgan fingerprint density at radius 3 is 2.42 bits per heavy atom. The maximum Gasteiger partial charge on any atom is 0.243 e. The fraction of sp³-hybridized carbons (Fsp3) is 0.500. The highest BCUT2D eigenvalue weighted by atomic mass is 79.9. The lowest BCUT2D eigenvalue weighted by atomic mass is 10.0. The van der Waals surface area contributed by atoms with E-state index < -0.39 is 10.0 Å². The van der Waals surface area contributed by atoms with Crippen molar-refractivity contribution in [1.29, 1.82) is 0 Å². The normalized spacial score (nSPS) is 27.0. The highest BCUT2D eigenvalue weighted by molar-refractivity contribution is 9.10. The van der Waals surface area contributed by atoms with Crippen LogP contribution in [0.2, 0.25) is 0 Å². The van der Waals surface area contributed by atoms with Crippen molar-refractivity contribution >= 4 is 38.4 Å². The molecule has 1 N–H and O–H groups in total. The quantitative estimate of drug-likeness (QED) is 0.866. The van der Waals surface area contributed by atoms with Crippen LogP contribution in [0.25, 0.3) is 0 Å². The molecule has 2 heterocycles. The highest BCUT2D eigenvalue weighted by Gasteiger charge is 2.41. The van der Waals surface area contributed by atoms with E-state index >= 15 is 0 Å². The zero-order valence-corrected chi connectivity index (χ0v) is 13.5. The van der Waals surface area contributed by atoms with Gasteiger partial charge in [-0.25, -0.2) is 8.42 Å². The van der Waals surface area contributed by atoms with E-state index in [1.807, 2.05) is 6.07 Å². The minimum absolute atomic E-state index is 0. The van der Waals surface area contributed by atoms with E-state index in [9.17, 15) is 8.42 Å². The van der Waals surface area contributed by atoms with Crippen molar-refractivity contribution in [2.75, 3.05) is 26.2 Å². The molecule has 0 aliphatic carbocycles. The van der Waals surface area contributed by atoms with Crippen LogP contribution in [0.4, 0.5) is 0 Å². The van der Waals surface area contributed by atoms with Gasteiger partial charge in [0, 0.05) is 17.6 Å². The molecule has 0 spiro atoms. The van der Waals surface area contributed by atoms with Crippen LogP contribution in [0.15, 0.2) is 33.6 Å². The van der Waals surface area contributed by atoms with Crippen molar-refractivity contribution in [3.05, 3.63) is 28.7 Å². The summed E-state index contributed by atoms with van der Waals surface area (Å²) in [5, 5.41) is 3.32. The van der Waals surface area contributed by atoms with Crippen LogP contribution in [0, 0.1) is 11.8 Å². The first-order valence-corrected chi connectivity index (χ1v) is 8.27. The lowest BCUT2D eigenvalue weighted by molar-refractivity contribution is 0.448. The topological polar surface area (TPSA) is 49.4 Å². The van der Waals surface area contributed by atoms with E-state index in [2.05, 4.69) is 21.2 Å². The van der Waals surface area contributed by atoms with Crippen LogP contribution in [-0.2, 0) is 10.0 Å². The molecule has 2 saturated heterocycles. The molecule has 0 saturated carbocycles. The van der Waals surface area contributed by atoms with Gasteiger partial charge in [0.05, 0.1) is 4.90 Å². The Bertz CT molecular complexity index is 555. The van der Waals surface area contributed by atoms with Crippen LogP contribution < -0.4 is 5.32 Å². The Kier molecular flexibility index (Phi) is 4.57. The van der Waals surface area contributed by atoms with E-state index in [-0.39, 0.29) is 12.4 Å². The number of nitrogens with zero attached hydrogens (tertiary/aromatic N) is 1. The van der Waals surface area contributed by atoms with Crippen molar-refractivity contribution in [2.24, 2.45) is 11.8 Å². The highest BCUT2D eigenvalue weighted by Crippen LogP contribution is 2.31. The summed E-state index contributed by atoms with van der Waals surface area (Å²) >= 11 is 3.32. The van der Waals surface area contributed by atoms with E-state index in [4.69, 9.17) is 0 Å². The van der Waals surface area contributed by atoms with Crippen molar-refractivity contribution in [3.63, 3.8) is 0 Å². The molecule has 2 aliphatic rings. The first kappa shape index (κ1) is 15.3. The Morgan fingerprint density at radius 1 is 1.21 bits per heavy atom. The number of fused-ring (bicyclic) bond motifs is 1. The van der Waals surface area contributed by atoms with E-state index in [0.29, 0.717) is 29.8 Å². The minimum atomic E-state index is -3.33. The molecule has 1 aromatic rings. The monoisotopic (exact) mass is 366 g/mol. The molecule has 2 fully saturated rings. The average molecular weight is 368 g/mol. The SMILES string of the molecule is Cl.O=S(=O)(c1cccc(Br)c1)N1C[C@H]2CNC[C@H]2C1. The van der Waals surface area contributed by atoms with Gasteiger partial charge in [-0.05, 0) is 43.1 Å². The second-order valence-electron chi connectivity index (χ2n) is 4.96. The van der Waals surface area contributed by atoms with Crippen molar-refractivity contribution < 1.29 is 8.42 Å². The second kappa shape index (κ2) is 5.69. The summed E-state index contributed by atoms with van der Waals surface area (Å²) in [5.41, 5.74) is 0. The summed E-state index contributed by atoms with van der Waals surface area (Å²) < 4.78 is 27.4. The first-order valence-electron chi connectivity index (χ1n) is 6.04. The summed E-state index contributed by atoms with van der Waals surface area (Å²) in [6, 6.07) is 6.92. The second-order valence-corrected chi connectivity index (χ2v) is 7.81. The van der Waals surface area contributed by atoms with Gasteiger partial charge in [-0.3, -0.25) is 0 Å². The van der Waals surface area contributed by atoms with Gasteiger partial charge < -0.3 is 5.32 Å². The third kappa shape index (κ3) is 2.83. The van der Waals surface area contributed by atoms with Crippen LogP contribution in [0.3, 0.4) is 0 Å². The number of benzene rings is 1. The molecule has 0 bridgehead atoms. The van der Waals surface area contributed by atoms with Gasteiger partial charge in [0.25, 0.3) is 0 Å². The summed E-state index contributed by atoms with van der Waals surface area (Å²) in [6.07, 6.45) is 0. The van der Waals surface area contributed by atoms with Gasteiger partial charge in [0.2, 0.25) is 10.0 Å². The molecule has 7 heteroatoms. The molecule has 3 rings (SSSR count). The molecule has 0 aromatic heterocycles. The summed E-state index contributed by atoms with van der Waals surface area (Å²) in [6.45, 7) is 3.17. The van der Waals surface area contributed by atoms with Gasteiger partial charge in [-0.15, -0.1) is 12.4 Å². The molecule has 106 valence electrons. The lowest BCUT2D eigenvalue weighted by Crippen LogP contribution is -2.31. The van der Waals surface area contributed by atoms with Crippen LogP contribution in [0.1, 0.15) is 0 Å². The van der Waals surface area contributed by atoms with Gasteiger partial charge in [0.15, 0.2) is 0 Å². The maximum atomic E-state index is 12.5. The maximum absolute atomic E-state index is 12.5. The van der Waals surface area contributed by atoms with Crippen LogP contribution in [-0.4, -0.2) is 38.9 Å². The predicted octanol–water partition coefficient (Wildman–Crippen LogP) is 1.71. The Labute approximate surface area is 128 Å². The first-order chi connectivity index (χ1) is 8.57. The molecular weight excluding hydrogens is 352 g/mol. The zero-order chi connectivity index (χ0) is 12.8. The third-order valence-electron chi connectivity index (χ3n) is 3.79.